The Bertz CT molecular complexity index is 1220. The Morgan fingerprint density at radius 1 is 0.806 bits per heavy atom. The van der Waals surface area contributed by atoms with Crippen molar-refractivity contribution in [2.45, 2.75) is 16.8 Å². The number of fused-ring (bicyclic) bond motifs is 1. The minimum absolute atomic E-state index is 0.240. The number of carbonyl (C=O) groups excluding carboxylic acids is 2. The number of alkyl halides is 3. The number of ketones is 2. The zero-order chi connectivity index (χ0) is 21.8. The first-order valence-corrected chi connectivity index (χ1v) is 10.3. The average Bonchev–Trinajstić information content (AvgIpc) is 3.28. The van der Waals surface area contributed by atoms with Crippen molar-refractivity contribution in [2.75, 3.05) is 0 Å². The summed E-state index contributed by atoms with van der Waals surface area (Å²) in [5, 5.41) is 0. The van der Waals surface area contributed by atoms with Crippen molar-refractivity contribution in [2.24, 2.45) is 4.40 Å². The lowest BCUT2D eigenvalue weighted by Gasteiger charge is -2.28. The molecule has 3 aromatic carbocycles. The van der Waals surface area contributed by atoms with E-state index in [-0.39, 0.29) is 22.8 Å². The lowest BCUT2D eigenvalue weighted by molar-refractivity contribution is -0.137. The molecule has 31 heavy (non-hydrogen) atoms. The minimum atomic E-state index is -4.52. The van der Waals surface area contributed by atoms with Gasteiger partial charge in [0, 0.05) is 11.1 Å². The summed E-state index contributed by atoms with van der Waals surface area (Å²) in [6.07, 6.45) is -4.52. The Kier molecular flexibility index (Phi) is 4.41. The van der Waals surface area contributed by atoms with E-state index in [1.54, 1.807) is 54.6 Å². The van der Waals surface area contributed by atoms with Gasteiger partial charge in [-0.2, -0.15) is 13.2 Å². The van der Waals surface area contributed by atoms with Gasteiger partial charge in [0.05, 0.1) is 17.2 Å². The zero-order valence-corrected chi connectivity index (χ0v) is 16.7. The maximum absolute atomic E-state index is 13.5. The number of halogens is 3. The fourth-order valence-electron chi connectivity index (χ4n) is 4.26. The topological polar surface area (TPSA) is 46.5 Å². The third-order valence-electron chi connectivity index (χ3n) is 5.68. The van der Waals surface area contributed by atoms with Crippen molar-refractivity contribution in [3.05, 3.63) is 107 Å². The molecule has 1 spiro atoms. The second-order valence-corrected chi connectivity index (χ2v) is 8.44. The molecule has 1 aliphatic heterocycles. The monoisotopic (exact) mass is 437 g/mol. The van der Waals surface area contributed by atoms with Crippen LogP contribution in [0, 0.1) is 0 Å². The van der Waals surface area contributed by atoms with E-state index in [0.717, 1.165) is 24.1 Å². The van der Waals surface area contributed by atoms with Crippen LogP contribution in [-0.4, -0.2) is 22.0 Å². The molecular formula is C24H14F3NO2S. The molecule has 0 aromatic heterocycles. The van der Waals surface area contributed by atoms with Gasteiger partial charge in [0.15, 0.2) is 16.3 Å². The quantitative estimate of drug-likeness (QED) is 0.378. The van der Waals surface area contributed by atoms with Crippen LogP contribution in [-0.2, 0) is 6.18 Å². The highest BCUT2D eigenvalue weighted by Gasteiger charge is 2.63. The van der Waals surface area contributed by atoms with E-state index in [1.165, 1.54) is 12.1 Å². The van der Waals surface area contributed by atoms with Crippen molar-refractivity contribution < 1.29 is 22.8 Å². The Morgan fingerprint density at radius 2 is 1.42 bits per heavy atom. The van der Waals surface area contributed by atoms with E-state index < -0.39 is 22.4 Å². The standard InChI is InChI=1S/C24H14F3NO2S/c25-24(26,27)16-10-6-9-15(13-16)20-19(14-7-2-1-3-8-14)23(31-28-20)21(29)17-11-4-5-12-18(17)22(23)30/h1-13,19H. The van der Waals surface area contributed by atoms with Crippen molar-refractivity contribution >= 4 is 29.2 Å². The highest BCUT2D eigenvalue weighted by atomic mass is 32.2. The Labute approximate surface area is 180 Å². The molecular weight excluding hydrogens is 423 g/mol. The number of hydrogen-bond acceptors (Lipinski definition) is 4. The van der Waals surface area contributed by atoms with Crippen molar-refractivity contribution in [3.63, 3.8) is 0 Å². The van der Waals surface area contributed by atoms with Gasteiger partial charge in [-0.15, -0.1) is 0 Å². The average molecular weight is 437 g/mol. The van der Waals surface area contributed by atoms with Gasteiger partial charge in [0.1, 0.15) is 0 Å². The van der Waals surface area contributed by atoms with E-state index in [9.17, 15) is 22.8 Å². The van der Waals surface area contributed by atoms with E-state index in [4.69, 9.17) is 0 Å². The fraction of sp³-hybridized carbons (Fsp3) is 0.125. The first-order valence-electron chi connectivity index (χ1n) is 9.51. The summed E-state index contributed by atoms with van der Waals surface area (Å²) in [4.78, 5) is 27.0. The normalized spacial score (nSPS) is 19.6. The second kappa shape index (κ2) is 6.92. The summed E-state index contributed by atoms with van der Waals surface area (Å²) in [5.41, 5.74) is 1.01. The fourth-order valence-corrected chi connectivity index (χ4v) is 5.45. The lowest BCUT2D eigenvalue weighted by Crippen LogP contribution is -2.44. The van der Waals surface area contributed by atoms with Crippen LogP contribution in [0.15, 0.2) is 83.3 Å². The SMILES string of the molecule is O=C1c2ccccc2C(=O)C12SN=C(c1cccc(C(F)(F)F)c1)C2c1ccccc1. The minimum Gasteiger partial charge on any atom is -0.292 e. The van der Waals surface area contributed by atoms with Crippen LogP contribution >= 0.6 is 11.9 Å². The molecule has 0 amide bonds. The molecule has 3 nitrogen and oxygen atoms in total. The van der Waals surface area contributed by atoms with Crippen molar-refractivity contribution in [1.82, 2.24) is 0 Å². The predicted octanol–water partition coefficient (Wildman–Crippen LogP) is 5.76. The molecule has 0 saturated heterocycles. The Morgan fingerprint density at radius 3 is 2.03 bits per heavy atom. The molecule has 1 heterocycles. The van der Waals surface area contributed by atoms with Crippen LogP contribution < -0.4 is 0 Å². The summed E-state index contributed by atoms with van der Waals surface area (Å²) in [6, 6.07) is 20.3. The number of rotatable bonds is 2. The van der Waals surface area contributed by atoms with Crippen molar-refractivity contribution in [1.29, 1.82) is 0 Å². The second-order valence-electron chi connectivity index (χ2n) is 7.43. The first kappa shape index (κ1) is 19.8. The van der Waals surface area contributed by atoms with Gasteiger partial charge < -0.3 is 0 Å². The van der Waals surface area contributed by atoms with Crippen LogP contribution in [0.5, 0.6) is 0 Å². The summed E-state index contributed by atoms with van der Waals surface area (Å²) < 4.78 is 42.8. The van der Waals surface area contributed by atoms with E-state index in [0.29, 0.717) is 16.7 Å². The predicted molar refractivity (Wildman–Crippen MR) is 113 cm³/mol. The molecule has 2 aliphatic rings. The molecule has 0 N–H and O–H groups in total. The van der Waals surface area contributed by atoms with Crippen LogP contribution in [0.25, 0.3) is 0 Å². The van der Waals surface area contributed by atoms with E-state index in [1.807, 2.05) is 0 Å². The zero-order valence-electron chi connectivity index (χ0n) is 15.9. The molecule has 1 unspecified atom stereocenters. The molecule has 154 valence electrons. The third kappa shape index (κ3) is 2.87. The molecule has 1 atom stereocenters. The Balaban J connectivity index is 1.69. The number of nitrogens with zero attached hydrogens (tertiary/aromatic N) is 1. The molecule has 0 bridgehead atoms. The number of benzene rings is 3. The number of hydrogen-bond donors (Lipinski definition) is 0. The largest absolute Gasteiger partial charge is 0.416 e. The number of Topliss-reactive ketones (excluding diaryl/α,β-unsaturated/α-hetero) is 2. The van der Waals surface area contributed by atoms with Crippen LogP contribution in [0.2, 0.25) is 0 Å². The van der Waals surface area contributed by atoms with Gasteiger partial charge in [-0.25, -0.2) is 4.40 Å². The summed E-state index contributed by atoms with van der Waals surface area (Å²) >= 11 is 0.852. The molecule has 0 fully saturated rings. The van der Waals surface area contributed by atoms with Gasteiger partial charge >= 0.3 is 6.18 Å². The molecule has 0 saturated carbocycles. The molecule has 1 aliphatic carbocycles. The van der Waals surface area contributed by atoms with Gasteiger partial charge in [0.2, 0.25) is 0 Å². The Hall–Kier alpha value is -3.19. The van der Waals surface area contributed by atoms with Gasteiger partial charge in [-0.1, -0.05) is 66.7 Å². The summed E-state index contributed by atoms with van der Waals surface area (Å²) in [6.45, 7) is 0. The van der Waals surface area contributed by atoms with E-state index >= 15 is 0 Å². The maximum Gasteiger partial charge on any atom is 0.416 e. The van der Waals surface area contributed by atoms with E-state index in [2.05, 4.69) is 4.40 Å². The smallest absolute Gasteiger partial charge is 0.292 e. The van der Waals surface area contributed by atoms with Crippen molar-refractivity contribution in [3.8, 4) is 0 Å². The van der Waals surface area contributed by atoms with Crippen LogP contribution in [0.3, 0.4) is 0 Å². The highest BCUT2D eigenvalue weighted by molar-refractivity contribution is 8.01. The summed E-state index contributed by atoms with van der Waals surface area (Å²) in [7, 11) is 0. The van der Waals surface area contributed by atoms with Gasteiger partial charge in [-0.3, -0.25) is 9.59 Å². The molecule has 5 rings (SSSR count). The lowest BCUT2D eigenvalue weighted by atomic mass is 9.76. The third-order valence-corrected chi connectivity index (χ3v) is 6.86. The first-order chi connectivity index (χ1) is 14.8. The summed E-state index contributed by atoms with van der Waals surface area (Å²) in [5.74, 6) is -1.54. The molecule has 0 radical (unpaired) electrons. The van der Waals surface area contributed by atoms with Crippen LogP contribution in [0.4, 0.5) is 13.2 Å². The van der Waals surface area contributed by atoms with Gasteiger partial charge in [-0.05, 0) is 35.2 Å². The molecule has 3 aromatic rings. The maximum atomic E-state index is 13.5. The van der Waals surface area contributed by atoms with Crippen LogP contribution in [0.1, 0.15) is 43.3 Å². The van der Waals surface area contributed by atoms with Gasteiger partial charge in [0.25, 0.3) is 0 Å². The molecule has 7 heteroatoms. The highest BCUT2D eigenvalue weighted by Crippen LogP contribution is 2.55. The number of carbonyl (C=O) groups is 2.